The van der Waals surface area contributed by atoms with Gasteiger partial charge in [-0.1, -0.05) is 46.3 Å². The fourth-order valence-corrected chi connectivity index (χ4v) is 1.92. The highest BCUT2D eigenvalue weighted by Crippen LogP contribution is 2.22. The van der Waals surface area contributed by atoms with Crippen LogP contribution in [0.2, 0.25) is 0 Å². The molecule has 0 spiro atoms. The maximum atomic E-state index is 11.9. The van der Waals surface area contributed by atoms with Gasteiger partial charge in [0.2, 0.25) is 0 Å². The van der Waals surface area contributed by atoms with E-state index in [0.29, 0.717) is 6.54 Å². The summed E-state index contributed by atoms with van der Waals surface area (Å²) >= 11 is 3.23. The van der Waals surface area contributed by atoms with Gasteiger partial charge in [0.25, 0.3) is 5.91 Å². The number of carbonyl (C=O) groups is 1. The lowest BCUT2D eigenvalue weighted by Gasteiger charge is -2.07. The first-order valence-corrected chi connectivity index (χ1v) is 6.27. The molecule has 0 bridgehead atoms. The van der Waals surface area contributed by atoms with E-state index in [2.05, 4.69) is 21.2 Å². The van der Waals surface area contributed by atoms with Crippen LogP contribution in [0, 0.1) is 0 Å². The van der Waals surface area contributed by atoms with Gasteiger partial charge in [-0.15, -0.1) is 0 Å². The van der Waals surface area contributed by atoms with E-state index in [1.807, 2.05) is 30.3 Å². The zero-order valence-electron chi connectivity index (χ0n) is 9.56. The number of hydrogen-bond donors (Lipinski definition) is 2. The van der Waals surface area contributed by atoms with Crippen molar-refractivity contribution in [1.82, 2.24) is 5.32 Å². The molecule has 0 aliphatic rings. The Kier molecular flexibility index (Phi) is 3.99. The Labute approximate surface area is 114 Å². The van der Waals surface area contributed by atoms with Gasteiger partial charge in [-0.05, 0) is 23.8 Å². The molecule has 2 aromatic carbocycles. The molecule has 2 aromatic rings. The number of phenols is 1. The number of halogens is 1. The van der Waals surface area contributed by atoms with E-state index in [1.165, 1.54) is 6.07 Å². The van der Waals surface area contributed by atoms with Gasteiger partial charge in [-0.3, -0.25) is 4.79 Å². The largest absolute Gasteiger partial charge is 0.507 e. The third-order valence-corrected chi connectivity index (χ3v) is 2.99. The predicted octanol–water partition coefficient (Wildman–Crippen LogP) is 3.08. The zero-order chi connectivity index (χ0) is 13.0. The summed E-state index contributed by atoms with van der Waals surface area (Å²) < 4.78 is 0.736. The molecule has 0 fully saturated rings. The number of rotatable bonds is 3. The first-order valence-electron chi connectivity index (χ1n) is 5.47. The fourth-order valence-electron chi connectivity index (χ4n) is 1.57. The number of aromatic hydroxyl groups is 1. The lowest BCUT2D eigenvalue weighted by atomic mass is 10.1. The van der Waals surface area contributed by atoms with Gasteiger partial charge in [0, 0.05) is 11.0 Å². The third kappa shape index (κ3) is 3.11. The van der Waals surface area contributed by atoms with Crippen LogP contribution in [-0.2, 0) is 6.54 Å². The summed E-state index contributed by atoms with van der Waals surface area (Å²) in [7, 11) is 0. The molecule has 0 heterocycles. The average molecular weight is 306 g/mol. The van der Waals surface area contributed by atoms with Crippen molar-refractivity contribution in [2.45, 2.75) is 6.54 Å². The molecule has 0 saturated heterocycles. The normalized spacial score (nSPS) is 10.1. The molecule has 0 aromatic heterocycles. The average Bonchev–Trinajstić information content (AvgIpc) is 2.37. The minimum atomic E-state index is -0.288. The lowest BCUT2D eigenvalue weighted by molar-refractivity contribution is 0.0948. The molecule has 2 rings (SSSR count). The second kappa shape index (κ2) is 5.69. The van der Waals surface area contributed by atoms with Crippen LogP contribution in [0.25, 0.3) is 0 Å². The number of hydrogen-bond acceptors (Lipinski definition) is 2. The van der Waals surface area contributed by atoms with Gasteiger partial charge in [0.15, 0.2) is 0 Å². The van der Waals surface area contributed by atoms with Crippen molar-refractivity contribution in [1.29, 1.82) is 0 Å². The molecule has 1 amide bonds. The maximum absolute atomic E-state index is 11.9. The van der Waals surface area contributed by atoms with E-state index < -0.39 is 0 Å². The van der Waals surface area contributed by atoms with Gasteiger partial charge < -0.3 is 10.4 Å². The van der Waals surface area contributed by atoms with Crippen molar-refractivity contribution in [2.24, 2.45) is 0 Å². The summed E-state index contributed by atoms with van der Waals surface area (Å²) in [6, 6.07) is 14.4. The molecular weight excluding hydrogens is 294 g/mol. The minimum absolute atomic E-state index is 0.0325. The smallest absolute Gasteiger partial charge is 0.255 e. The van der Waals surface area contributed by atoms with Gasteiger partial charge in [0.05, 0.1) is 5.56 Å². The molecule has 2 N–H and O–H groups in total. The van der Waals surface area contributed by atoms with Crippen molar-refractivity contribution in [3.63, 3.8) is 0 Å². The lowest BCUT2D eigenvalue weighted by Crippen LogP contribution is -2.22. The number of phenolic OH excluding ortho intramolecular Hbond substituents is 1. The van der Waals surface area contributed by atoms with Crippen LogP contribution < -0.4 is 5.32 Å². The van der Waals surface area contributed by atoms with Crippen molar-refractivity contribution in [2.75, 3.05) is 0 Å². The Morgan fingerprint density at radius 2 is 1.89 bits per heavy atom. The molecule has 18 heavy (non-hydrogen) atoms. The maximum Gasteiger partial charge on any atom is 0.255 e. The van der Waals surface area contributed by atoms with Crippen molar-refractivity contribution in [3.8, 4) is 5.75 Å². The Balaban J connectivity index is 2.04. The Morgan fingerprint density at radius 3 is 2.56 bits per heavy atom. The number of nitrogens with one attached hydrogen (secondary N) is 1. The SMILES string of the molecule is O=C(NCc1ccccc1)c1ccc(Br)cc1O. The van der Waals surface area contributed by atoms with Gasteiger partial charge in [-0.2, -0.15) is 0 Å². The summed E-state index contributed by atoms with van der Waals surface area (Å²) in [5, 5.41) is 12.4. The second-order valence-corrected chi connectivity index (χ2v) is 4.75. The van der Waals surface area contributed by atoms with Gasteiger partial charge in [0.1, 0.15) is 5.75 Å². The Hall–Kier alpha value is -1.81. The quantitative estimate of drug-likeness (QED) is 0.915. The van der Waals surface area contributed by atoms with E-state index in [4.69, 9.17) is 0 Å². The van der Waals surface area contributed by atoms with Gasteiger partial charge >= 0.3 is 0 Å². The second-order valence-electron chi connectivity index (χ2n) is 3.83. The first kappa shape index (κ1) is 12.6. The fraction of sp³-hybridized carbons (Fsp3) is 0.0714. The molecule has 0 atom stereocenters. The number of carbonyl (C=O) groups excluding carboxylic acids is 1. The summed E-state index contributed by atoms with van der Waals surface area (Å²) in [6.45, 7) is 0.440. The molecular formula is C14H12BrNO2. The molecule has 3 nitrogen and oxygen atoms in total. The Bertz CT molecular complexity index is 555. The summed E-state index contributed by atoms with van der Waals surface area (Å²) in [4.78, 5) is 11.9. The van der Waals surface area contributed by atoms with E-state index in [1.54, 1.807) is 12.1 Å². The van der Waals surface area contributed by atoms with E-state index >= 15 is 0 Å². The highest BCUT2D eigenvalue weighted by Gasteiger charge is 2.10. The third-order valence-electron chi connectivity index (χ3n) is 2.50. The molecule has 0 radical (unpaired) electrons. The van der Waals surface area contributed by atoms with Crippen LogP contribution in [0.15, 0.2) is 53.0 Å². The van der Waals surface area contributed by atoms with Crippen LogP contribution >= 0.6 is 15.9 Å². The molecule has 92 valence electrons. The zero-order valence-corrected chi connectivity index (χ0v) is 11.1. The van der Waals surface area contributed by atoms with Crippen LogP contribution in [0.1, 0.15) is 15.9 Å². The predicted molar refractivity (Wildman–Crippen MR) is 73.4 cm³/mol. The van der Waals surface area contributed by atoms with Gasteiger partial charge in [-0.25, -0.2) is 0 Å². The summed E-state index contributed by atoms with van der Waals surface area (Å²) in [5.74, 6) is -0.321. The topological polar surface area (TPSA) is 49.3 Å². The van der Waals surface area contributed by atoms with E-state index in [-0.39, 0.29) is 17.2 Å². The molecule has 0 saturated carbocycles. The van der Waals surface area contributed by atoms with Crippen LogP contribution in [0.3, 0.4) is 0 Å². The summed E-state index contributed by atoms with van der Waals surface area (Å²) in [5.41, 5.74) is 1.29. The van der Waals surface area contributed by atoms with Crippen LogP contribution in [0.4, 0.5) is 0 Å². The van der Waals surface area contributed by atoms with E-state index in [9.17, 15) is 9.90 Å². The van der Waals surface area contributed by atoms with Crippen LogP contribution in [-0.4, -0.2) is 11.0 Å². The standard InChI is InChI=1S/C14H12BrNO2/c15-11-6-7-12(13(17)8-11)14(18)16-9-10-4-2-1-3-5-10/h1-8,17H,9H2,(H,16,18). The Morgan fingerprint density at radius 1 is 1.17 bits per heavy atom. The summed E-state index contributed by atoms with van der Waals surface area (Å²) in [6.07, 6.45) is 0. The first-order chi connectivity index (χ1) is 8.66. The van der Waals surface area contributed by atoms with Crippen LogP contribution in [0.5, 0.6) is 5.75 Å². The molecule has 0 aliphatic heterocycles. The van der Waals surface area contributed by atoms with Crippen molar-refractivity contribution in [3.05, 3.63) is 64.1 Å². The molecule has 4 heteroatoms. The molecule has 0 aliphatic carbocycles. The number of benzene rings is 2. The van der Waals surface area contributed by atoms with Crippen molar-refractivity contribution < 1.29 is 9.90 Å². The van der Waals surface area contributed by atoms with Crippen molar-refractivity contribution >= 4 is 21.8 Å². The number of amides is 1. The monoisotopic (exact) mass is 305 g/mol. The molecule has 0 unspecified atom stereocenters. The highest BCUT2D eigenvalue weighted by molar-refractivity contribution is 9.10. The highest BCUT2D eigenvalue weighted by atomic mass is 79.9. The minimum Gasteiger partial charge on any atom is -0.507 e. The van der Waals surface area contributed by atoms with E-state index in [0.717, 1.165) is 10.0 Å².